The first-order chi connectivity index (χ1) is 17.8. The van der Waals surface area contributed by atoms with Crippen LogP contribution in [0.15, 0.2) is 48.5 Å². The van der Waals surface area contributed by atoms with Gasteiger partial charge in [0, 0.05) is 28.9 Å². The van der Waals surface area contributed by atoms with E-state index < -0.39 is 34.6 Å². The van der Waals surface area contributed by atoms with Crippen LogP contribution in [0.2, 0.25) is 0 Å². The summed E-state index contributed by atoms with van der Waals surface area (Å²) < 4.78 is 80.1. The van der Waals surface area contributed by atoms with Crippen LogP contribution in [0.25, 0.3) is 28.3 Å². The van der Waals surface area contributed by atoms with Crippen molar-refractivity contribution in [2.24, 2.45) is 5.92 Å². The maximum absolute atomic E-state index is 15.0. The first-order valence-corrected chi connectivity index (χ1v) is 12.8. The Morgan fingerprint density at radius 3 is 2.14 bits per heavy atom. The summed E-state index contributed by atoms with van der Waals surface area (Å²) in [6, 6.07) is 9.17. The van der Waals surface area contributed by atoms with Gasteiger partial charge in [0.2, 0.25) is 0 Å². The molecule has 1 aliphatic heterocycles. The van der Waals surface area contributed by atoms with E-state index in [1.807, 2.05) is 0 Å². The zero-order chi connectivity index (χ0) is 26.5. The molecular weight excluding hydrogens is 483 g/mol. The lowest BCUT2D eigenvalue weighted by atomic mass is 9.92. The highest BCUT2D eigenvalue weighted by Crippen LogP contribution is 2.35. The van der Waals surface area contributed by atoms with Crippen LogP contribution < -0.4 is 0 Å². The third kappa shape index (κ3) is 5.96. The molecule has 0 bridgehead atoms. The van der Waals surface area contributed by atoms with E-state index >= 15 is 8.78 Å². The molecular formula is C31H31F5O. The summed E-state index contributed by atoms with van der Waals surface area (Å²) in [4.78, 5) is 0. The first kappa shape index (κ1) is 27.1. The molecule has 2 atom stereocenters. The van der Waals surface area contributed by atoms with Gasteiger partial charge in [-0.3, -0.25) is 0 Å². The highest BCUT2D eigenvalue weighted by Gasteiger charge is 2.24. The predicted molar refractivity (Wildman–Crippen MR) is 138 cm³/mol. The van der Waals surface area contributed by atoms with Gasteiger partial charge in [0.15, 0.2) is 23.3 Å². The van der Waals surface area contributed by atoms with Gasteiger partial charge in [0.1, 0.15) is 5.82 Å². The molecule has 196 valence electrons. The topological polar surface area (TPSA) is 9.23 Å². The highest BCUT2D eigenvalue weighted by atomic mass is 19.2. The van der Waals surface area contributed by atoms with E-state index in [4.69, 9.17) is 4.74 Å². The van der Waals surface area contributed by atoms with Gasteiger partial charge in [0.05, 0.1) is 6.10 Å². The molecule has 1 aliphatic rings. The lowest BCUT2D eigenvalue weighted by Crippen LogP contribution is -2.26. The van der Waals surface area contributed by atoms with Crippen molar-refractivity contribution in [1.29, 1.82) is 0 Å². The predicted octanol–water partition coefficient (Wildman–Crippen LogP) is 9.28. The fourth-order valence-corrected chi connectivity index (χ4v) is 5.02. The van der Waals surface area contributed by atoms with Gasteiger partial charge in [0.25, 0.3) is 0 Å². The van der Waals surface area contributed by atoms with Crippen molar-refractivity contribution < 1.29 is 26.7 Å². The van der Waals surface area contributed by atoms with Crippen LogP contribution in [-0.4, -0.2) is 12.7 Å². The number of ether oxygens (including phenoxy) is 1. The van der Waals surface area contributed by atoms with Gasteiger partial charge in [-0.25, -0.2) is 22.0 Å². The maximum atomic E-state index is 15.0. The Labute approximate surface area is 215 Å². The zero-order valence-electron chi connectivity index (χ0n) is 21.1. The second-order valence-electron chi connectivity index (χ2n) is 9.65. The third-order valence-corrected chi connectivity index (χ3v) is 7.09. The molecule has 1 heterocycles. The minimum Gasteiger partial charge on any atom is -0.378 e. The minimum absolute atomic E-state index is 0.00576. The number of rotatable bonds is 8. The molecule has 1 saturated heterocycles. The van der Waals surface area contributed by atoms with Crippen molar-refractivity contribution in [3.05, 3.63) is 88.8 Å². The Balaban J connectivity index is 1.52. The summed E-state index contributed by atoms with van der Waals surface area (Å²) in [5.74, 6) is -4.88. The molecule has 0 saturated carbocycles. The third-order valence-electron chi connectivity index (χ3n) is 7.09. The van der Waals surface area contributed by atoms with Crippen LogP contribution in [0.4, 0.5) is 22.0 Å². The molecule has 0 spiro atoms. The van der Waals surface area contributed by atoms with Gasteiger partial charge in [-0.05, 0) is 62.1 Å². The number of hydrogen-bond acceptors (Lipinski definition) is 1. The lowest BCUT2D eigenvalue weighted by molar-refractivity contribution is -0.0216. The smallest absolute Gasteiger partial charge is 0.167 e. The van der Waals surface area contributed by atoms with Crippen LogP contribution in [0.1, 0.15) is 57.1 Å². The Hall–Kier alpha value is -2.99. The first-order valence-electron chi connectivity index (χ1n) is 12.8. The minimum atomic E-state index is -1.32. The summed E-state index contributed by atoms with van der Waals surface area (Å²) in [5.41, 5.74) is -0.297. The molecule has 4 rings (SSSR count). The highest BCUT2D eigenvalue weighted by molar-refractivity contribution is 5.73. The number of hydrogen-bond donors (Lipinski definition) is 0. The number of aryl methyl sites for hydroxylation is 1. The van der Waals surface area contributed by atoms with Crippen molar-refractivity contribution in [3.63, 3.8) is 0 Å². The quantitative estimate of drug-likeness (QED) is 0.272. The van der Waals surface area contributed by atoms with E-state index in [1.54, 1.807) is 19.1 Å². The Kier molecular flexibility index (Phi) is 8.80. The molecule has 1 fully saturated rings. The Bertz CT molecular complexity index is 1280. The van der Waals surface area contributed by atoms with Gasteiger partial charge >= 0.3 is 0 Å². The summed E-state index contributed by atoms with van der Waals surface area (Å²) in [5, 5.41) is 0. The fraction of sp³-hybridized carbons (Fsp3) is 0.355. The van der Waals surface area contributed by atoms with Crippen molar-refractivity contribution in [1.82, 2.24) is 0 Å². The Morgan fingerprint density at radius 1 is 0.811 bits per heavy atom. The van der Waals surface area contributed by atoms with Gasteiger partial charge in [-0.2, -0.15) is 0 Å². The maximum Gasteiger partial charge on any atom is 0.167 e. The van der Waals surface area contributed by atoms with Crippen molar-refractivity contribution in [3.8, 4) is 22.3 Å². The summed E-state index contributed by atoms with van der Waals surface area (Å²) in [7, 11) is 0. The Morgan fingerprint density at radius 2 is 1.49 bits per heavy atom. The second-order valence-corrected chi connectivity index (χ2v) is 9.65. The molecule has 2 unspecified atom stereocenters. The van der Waals surface area contributed by atoms with Crippen molar-refractivity contribution in [2.75, 3.05) is 6.61 Å². The van der Waals surface area contributed by atoms with E-state index in [-0.39, 0.29) is 34.8 Å². The molecule has 6 heteroatoms. The van der Waals surface area contributed by atoms with E-state index in [9.17, 15) is 13.2 Å². The lowest BCUT2D eigenvalue weighted by Gasteiger charge is -2.29. The van der Waals surface area contributed by atoms with E-state index in [0.717, 1.165) is 31.7 Å². The van der Waals surface area contributed by atoms with Crippen LogP contribution in [0, 0.1) is 35.0 Å². The van der Waals surface area contributed by atoms with Crippen LogP contribution in [-0.2, 0) is 11.2 Å². The van der Waals surface area contributed by atoms with E-state index in [2.05, 4.69) is 6.92 Å². The van der Waals surface area contributed by atoms with Crippen LogP contribution >= 0.6 is 0 Å². The average Bonchev–Trinajstić information content (AvgIpc) is 2.89. The summed E-state index contributed by atoms with van der Waals surface area (Å²) in [6.07, 6.45) is 8.30. The standard InChI is InChI=1S/C31H31F5O/c1-3-5-19-7-12-23(37-18-19)13-10-21-11-14-25(30(35)28(21)33)26-16-15-24(29(34)31(26)36)22-9-8-20(6-4-2)27(32)17-22/h4,6,8-9,11,14-17,19,23H,3,5,7,10,12-13,18H2,1-2H3. The molecule has 0 radical (unpaired) electrons. The number of halogens is 5. The van der Waals surface area contributed by atoms with Crippen LogP contribution in [0.5, 0.6) is 0 Å². The summed E-state index contributed by atoms with van der Waals surface area (Å²) in [6.45, 7) is 4.58. The zero-order valence-corrected chi connectivity index (χ0v) is 21.1. The number of benzene rings is 3. The second kappa shape index (κ2) is 12.0. The van der Waals surface area contributed by atoms with Gasteiger partial charge in [-0.1, -0.05) is 61.9 Å². The molecule has 0 aromatic heterocycles. The van der Waals surface area contributed by atoms with Gasteiger partial charge < -0.3 is 4.74 Å². The SMILES string of the molecule is CC=Cc1ccc(-c2ccc(-c3ccc(CCC4CCC(CCC)CO4)c(F)c3F)c(F)c2F)cc1F. The largest absolute Gasteiger partial charge is 0.378 e. The monoisotopic (exact) mass is 514 g/mol. The molecule has 0 N–H and O–H groups in total. The normalized spacial score (nSPS) is 18.0. The van der Waals surface area contributed by atoms with Crippen LogP contribution in [0.3, 0.4) is 0 Å². The van der Waals surface area contributed by atoms with Crippen molar-refractivity contribution in [2.45, 2.75) is 58.5 Å². The molecule has 3 aromatic rings. The fourth-order valence-electron chi connectivity index (χ4n) is 5.02. The van der Waals surface area contributed by atoms with Gasteiger partial charge in [-0.15, -0.1) is 0 Å². The average molecular weight is 515 g/mol. The molecule has 3 aromatic carbocycles. The van der Waals surface area contributed by atoms with E-state index in [1.165, 1.54) is 36.4 Å². The number of allylic oxidation sites excluding steroid dienone is 1. The van der Waals surface area contributed by atoms with E-state index in [0.29, 0.717) is 24.5 Å². The summed E-state index contributed by atoms with van der Waals surface area (Å²) >= 11 is 0. The molecule has 1 nitrogen and oxygen atoms in total. The van der Waals surface area contributed by atoms with Crippen molar-refractivity contribution >= 4 is 6.08 Å². The molecule has 0 amide bonds. The molecule has 37 heavy (non-hydrogen) atoms. The molecule has 0 aliphatic carbocycles.